The highest BCUT2D eigenvalue weighted by molar-refractivity contribution is 5.85. The molecule has 0 heterocycles. The smallest absolute Gasteiger partial charge is 0.411 e. The van der Waals surface area contributed by atoms with Crippen molar-refractivity contribution in [3.8, 4) is 5.75 Å². The van der Waals surface area contributed by atoms with Gasteiger partial charge in [0.15, 0.2) is 0 Å². The summed E-state index contributed by atoms with van der Waals surface area (Å²) in [7, 11) is 2.80. The van der Waals surface area contributed by atoms with Crippen LogP contribution in [0.15, 0.2) is 18.2 Å². The molecule has 0 radical (unpaired) electrons. The normalized spacial score (nSPS) is 8.67. The molecule has 0 aromatic heterocycles. The van der Waals surface area contributed by atoms with E-state index in [-0.39, 0.29) is 12.4 Å². The van der Waals surface area contributed by atoms with E-state index in [2.05, 4.69) is 10.1 Å². The van der Waals surface area contributed by atoms with Crippen LogP contribution >= 0.6 is 12.4 Å². The van der Waals surface area contributed by atoms with Crippen LogP contribution in [-0.2, 0) is 4.74 Å². The highest BCUT2D eigenvalue weighted by atomic mass is 35.5. The molecular formula is C9H13ClN2O3. The number of amides is 1. The van der Waals surface area contributed by atoms with Gasteiger partial charge < -0.3 is 15.2 Å². The average Bonchev–Trinajstić information content (AvgIpc) is 2.20. The Morgan fingerprint density at radius 2 is 2.07 bits per heavy atom. The number of carbonyl (C=O) groups is 1. The molecule has 0 bridgehead atoms. The van der Waals surface area contributed by atoms with Crippen molar-refractivity contribution in [2.75, 3.05) is 25.3 Å². The summed E-state index contributed by atoms with van der Waals surface area (Å²) in [5, 5.41) is 2.50. The molecule has 5 nitrogen and oxygen atoms in total. The molecular weight excluding hydrogens is 220 g/mol. The number of nitrogens with two attached hydrogens (primary N) is 1. The van der Waals surface area contributed by atoms with Gasteiger partial charge in [0, 0.05) is 11.8 Å². The summed E-state index contributed by atoms with van der Waals surface area (Å²) in [5.41, 5.74) is 6.68. The first kappa shape index (κ1) is 13.4. The quantitative estimate of drug-likeness (QED) is 0.764. The number of hydrogen-bond donors (Lipinski definition) is 2. The molecule has 15 heavy (non-hydrogen) atoms. The zero-order valence-corrected chi connectivity index (χ0v) is 9.26. The molecule has 0 spiro atoms. The molecule has 0 saturated heterocycles. The maximum atomic E-state index is 10.9. The first-order chi connectivity index (χ1) is 6.67. The van der Waals surface area contributed by atoms with Gasteiger partial charge in [-0.2, -0.15) is 0 Å². The lowest BCUT2D eigenvalue weighted by Crippen LogP contribution is -2.11. The van der Waals surface area contributed by atoms with E-state index >= 15 is 0 Å². The molecule has 0 aliphatic heterocycles. The van der Waals surface area contributed by atoms with Gasteiger partial charge in [-0.05, 0) is 12.1 Å². The van der Waals surface area contributed by atoms with Gasteiger partial charge in [0.25, 0.3) is 0 Å². The standard InChI is InChI=1S/C9H12N2O3.ClH/c1-13-8-5-6(3-4-7(8)10)11-9(12)14-2;/h3-5H,10H2,1-2H3,(H,11,12);1H. The van der Waals surface area contributed by atoms with E-state index in [1.54, 1.807) is 18.2 Å². The van der Waals surface area contributed by atoms with Crippen LogP contribution in [0.1, 0.15) is 0 Å². The Hall–Kier alpha value is -1.62. The first-order valence-electron chi connectivity index (χ1n) is 3.96. The monoisotopic (exact) mass is 232 g/mol. The van der Waals surface area contributed by atoms with Crippen molar-refractivity contribution in [2.24, 2.45) is 0 Å². The minimum absolute atomic E-state index is 0. The van der Waals surface area contributed by atoms with Crippen LogP contribution < -0.4 is 15.8 Å². The fourth-order valence-electron chi connectivity index (χ4n) is 0.958. The van der Waals surface area contributed by atoms with E-state index in [0.717, 1.165) is 0 Å². The second kappa shape index (κ2) is 5.98. The van der Waals surface area contributed by atoms with E-state index in [9.17, 15) is 4.79 Å². The van der Waals surface area contributed by atoms with Crippen molar-refractivity contribution in [2.45, 2.75) is 0 Å². The van der Waals surface area contributed by atoms with Gasteiger partial charge in [-0.3, -0.25) is 5.32 Å². The van der Waals surface area contributed by atoms with Gasteiger partial charge in [0.05, 0.1) is 19.9 Å². The Labute approximate surface area is 94.0 Å². The number of nitrogens with one attached hydrogen (secondary N) is 1. The van der Waals surface area contributed by atoms with E-state index in [1.807, 2.05) is 0 Å². The van der Waals surface area contributed by atoms with E-state index in [0.29, 0.717) is 17.1 Å². The summed E-state index contributed by atoms with van der Waals surface area (Å²) in [5.74, 6) is 0.513. The van der Waals surface area contributed by atoms with Crippen LogP contribution in [0, 0.1) is 0 Å². The van der Waals surface area contributed by atoms with Crippen molar-refractivity contribution in [3.63, 3.8) is 0 Å². The maximum Gasteiger partial charge on any atom is 0.411 e. The number of anilines is 2. The van der Waals surface area contributed by atoms with E-state index < -0.39 is 6.09 Å². The Morgan fingerprint density at radius 1 is 1.40 bits per heavy atom. The third-order valence-corrected chi connectivity index (χ3v) is 1.67. The van der Waals surface area contributed by atoms with E-state index in [4.69, 9.17) is 10.5 Å². The second-order valence-corrected chi connectivity index (χ2v) is 2.57. The van der Waals surface area contributed by atoms with Crippen LogP contribution in [0.3, 0.4) is 0 Å². The Bertz CT molecular complexity index is 344. The Kier molecular flexibility index (Phi) is 5.33. The van der Waals surface area contributed by atoms with Crippen LogP contribution in [0.2, 0.25) is 0 Å². The van der Waals surface area contributed by atoms with Crippen molar-refractivity contribution < 1.29 is 14.3 Å². The molecule has 0 fully saturated rings. The largest absolute Gasteiger partial charge is 0.495 e. The van der Waals surface area contributed by atoms with Gasteiger partial charge in [0.2, 0.25) is 0 Å². The number of rotatable bonds is 2. The molecule has 0 aliphatic carbocycles. The molecule has 1 aromatic rings. The average molecular weight is 233 g/mol. The molecule has 3 N–H and O–H groups in total. The van der Waals surface area contributed by atoms with Crippen LogP contribution in [0.5, 0.6) is 5.75 Å². The lowest BCUT2D eigenvalue weighted by atomic mass is 10.2. The van der Waals surface area contributed by atoms with Crippen LogP contribution in [-0.4, -0.2) is 20.3 Å². The summed E-state index contributed by atoms with van der Waals surface area (Å²) in [4.78, 5) is 10.9. The molecule has 0 saturated carbocycles. The molecule has 6 heteroatoms. The summed E-state index contributed by atoms with van der Waals surface area (Å²) in [6.07, 6.45) is -0.531. The molecule has 0 atom stereocenters. The second-order valence-electron chi connectivity index (χ2n) is 2.57. The zero-order chi connectivity index (χ0) is 10.6. The molecule has 1 rings (SSSR count). The topological polar surface area (TPSA) is 73.6 Å². The van der Waals surface area contributed by atoms with Crippen molar-refractivity contribution >= 4 is 29.9 Å². The Balaban J connectivity index is 0.00000196. The number of carbonyl (C=O) groups excluding carboxylic acids is 1. The number of ether oxygens (including phenoxy) is 2. The number of halogens is 1. The molecule has 1 amide bonds. The highest BCUT2D eigenvalue weighted by Crippen LogP contribution is 2.24. The highest BCUT2D eigenvalue weighted by Gasteiger charge is 2.03. The van der Waals surface area contributed by atoms with Crippen molar-refractivity contribution in [1.82, 2.24) is 0 Å². The summed E-state index contributed by atoms with van der Waals surface area (Å²) < 4.78 is 9.42. The van der Waals surface area contributed by atoms with Crippen molar-refractivity contribution in [1.29, 1.82) is 0 Å². The SMILES string of the molecule is COC(=O)Nc1ccc(N)c(OC)c1.Cl. The fraction of sp³-hybridized carbons (Fsp3) is 0.222. The predicted octanol–water partition coefficient (Wildman–Crippen LogP) is 1.88. The molecule has 0 unspecified atom stereocenters. The van der Waals surface area contributed by atoms with E-state index in [1.165, 1.54) is 14.2 Å². The minimum Gasteiger partial charge on any atom is -0.495 e. The number of benzene rings is 1. The van der Waals surface area contributed by atoms with Gasteiger partial charge in [-0.15, -0.1) is 12.4 Å². The third-order valence-electron chi connectivity index (χ3n) is 1.67. The van der Waals surface area contributed by atoms with Crippen LogP contribution in [0.25, 0.3) is 0 Å². The molecule has 1 aromatic carbocycles. The zero-order valence-electron chi connectivity index (χ0n) is 8.44. The third kappa shape index (κ3) is 3.55. The van der Waals surface area contributed by atoms with Gasteiger partial charge in [0.1, 0.15) is 5.75 Å². The minimum atomic E-state index is -0.531. The molecule has 84 valence electrons. The van der Waals surface area contributed by atoms with Gasteiger partial charge >= 0.3 is 6.09 Å². The van der Waals surface area contributed by atoms with Gasteiger partial charge in [-0.25, -0.2) is 4.79 Å². The Morgan fingerprint density at radius 3 is 2.60 bits per heavy atom. The number of methoxy groups -OCH3 is 2. The first-order valence-corrected chi connectivity index (χ1v) is 3.96. The summed E-state index contributed by atoms with van der Waals surface area (Å²) in [6.45, 7) is 0. The summed E-state index contributed by atoms with van der Waals surface area (Å²) in [6, 6.07) is 4.92. The maximum absolute atomic E-state index is 10.9. The summed E-state index contributed by atoms with van der Waals surface area (Å²) >= 11 is 0. The lowest BCUT2D eigenvalue weighted by Gasteiger charge is -2.07. The van der Waals surface area contributed by atoms with Crippen LogP contribution in [0.4, 0.5) is 16.2 Å². The number of hydrogen-bond acceptors (Lipinski definition) is 4. The van der Waals surface area contributed by atoms with Gasteiger partial charge in [-0.1, -0.05) is 0 Å². The fourth-order valence-corrected chi connectivity index (χ4v) is 0.958. The van der Waals surface area contributed by atoms with Crippen molar-refractivity contribution in [3.05, 3.63) is 18.2 Å². The lowest BCUT2D eigenvalue weighted by molar-refractivity contribution is 0.187. The number of nitrogen functional groups attached to an aromatic ring is 1. The predicted molar refractivity (Wildman–Crippen MR) is 60.7 cm³/mol. The molecule has 0 aliphatic rings.